The molecule has 0 saturated heterocycles. The minimum atomic E-state index is -0.245. The first kappa shape index (κ1) is 9.77. The van der Waals surface area contributed by atoms with Crippen LogP contribution in [0.2, 0.25) is 0 Å². The van der Waals surface area contributed by atoms with Gasteiger partial charge in [0.1, 0.15) is 0 Å². The topological polar surface area (TPSA) is 9.23 Å². The van der Waals surface area contributed by atoms with Crippen LogP contribution in [0.15, 0.2) is 20.5 Å². The zero-order chi connectivity index (χ0) is 8.59. The Kier molecular flexibility index (Phi) is 3.19. The Morgan fingerprint density at radius 2 is 1.73 bits per heavy atom. The van der Waals surface area contributed by atoms with E-state index in [0.717, 1.165) is 10.5 Å². The van der Waals surface area contributed by atoms with Crippen LogP contribution in [-0.4, -0.2) is 5.44 Å². The third-order valence-electron chi connectivity index (χ3n) is 1.39. The third kappa shape index (κ3) is 1.88. The molecule has 5 heteroatoms. The third-order valence-corrected chi connectivity index (χ3v) is 3.57. The molecule has 0 aliphatic carbocycles. The van der Waals surface area contributed by atoms with E-state index in [1.807, 2.05) is 6.92 Å². The van der Waals surface area contributed by atoms with Crippen molar-refractivity contribution >= 4 is 50.5 Å². The molecular formula is C6H8OS4. The predicted octanol–water partition coefficient (Wildman–Crippen LogP) is 2.51. The van der Waals surface area contributed by atoms with Gasteiger partial charge in [-0.05, 0) is 12.5 Å². The van der Waals surface area contributed by atoms with E-state index < -0.39 is 0 Å². The number of thiol groups is 4. The minimum absolute atomic E-state index is 0.245. The quantitative estimate of drug-likeness (QED) is 0.463. The second kappa shape index (κ2) is 3.60. The summed E-state index contributed by atoms with van der Waals surface area (Å²) < 4.78 is 5.21. The largest absolute Gasteiger partial charge is 0.468 e. The van der Waals surface area contributed by atoms with Crippen LogP contribution in [0.25, 0.3) is 0 Å². The number of ether oxygens (including phenoxy) is 1. The lowest BCUT2D eigenvalue weighted by atomic mass is 10.2. The highest BCUT2D eigenvalue weighted by atomic mass is 32.1. The van der Waals surface area contributed by atoms with Crippen molar-refractivity contribution in [3.05, 3.63) is 20.5 Å². The lowest BCUT2D eigenvalue weighted by Gasteiger charge is -2.22. The maximum Gasteiger partial charge on any atom is 0.166 e. The Labute approximate surface area is 87.9 Å². The normalized spacial score (nSPS) is 25.7. The Morgan fingerprint density at radius 1 is 1.18 bits per heavy atom. The maximum atomic E-state index is 5.21. The summed E-state index contributed by atoms with van der Waals surface area (Å²) in [5.41, 5.74) is 0.713. The van der Waals surface area contributed by atoms with Crippen LogP contribution in [0.4, 0.5) is 0 Å². The van der Waals surface area contributed by atoms with Gasteiger partial charge in [0.15, 0.2) is 10.5 Å². The maximum absolute atomic E-state index is 5.21. The van der Waals surface area contributed by atoms with Crippen molar-refractivity contribution in [1.82, 2.24) is 0 Å². The Hall–Kier alpha value is 0.680. The van der Waals surface area contributed by atoms with Crippen LogP contribution in [-0.2, 0) is 4.74 Å². The van der Waals surface area contributed by atoms with Crippen molar-refractivity contribution in [3.8, 4) is 0 Å². The molecule has 1 nitrogen and oxygen atoms in total. The van der Waals surface area contributed by atoms with Gasteiger partial charge < -0.3 is 4.74 Å². The standard InChI is InChI=1S/C6H8OS4/c1-2-3(8)4(9)6(11)7-5(2)10/h5,8-11H,1H3. The van der Waals surface area contributed by atoms with E-state index in [-0.39, 0.29) is 5.44 Å². The molecule has 1 aliphatic heterocycles. The fraction of sp³-hybridized carbons (Fsp3) is 0.333. The summed E-state index contributed by atoms with van der Waals surface area (Å²) in [6, 6.07) is 0. The summed E-state index contributed by atoms with van der Waals surface area (Å²) >= 11 is 16.6. The summed E-state index contributed by atoms with van der Waals surface area (Å²) in [5.74, 6) is 0. The smallest absolute Gasteiger partial charge is 0.166 e. The molecule has 1 rings (SSSR count). The molecule has 0 aromatic carbocycles. The molecule has 1 aliphatic rings. The molecule has 1 unspecified atom stereocenters. The van der Waals surface area contributed by atoms with E-state index in [1.54, 1.807) is 0 Å². The van der Waals surface area contributed by atoms with Gasteiger partial charge in [-0.2, -0.15) is 0 Å². The average molecular weight is 224 g/mol. The highest BCUT2D eigenvalue weighted by molar-refractivity contribution is 7.92. The van der Waals surface area contributed by atoms with Crippen LogP contribution in [0.3, 0.4) is 0 Å². The summed E-state index contributed by atoms with van der Waals surface area (Å²) in [7, 11) is 0. The van der Waals surface area contributed by atoms with Crippen molar-refractivity contribution < 1.29 is 4.74 Å². The zero-order valence-corrected chi connectivity index (χ0v) is 9.35. The molecule has 0 spiro atoms. The Bertz CT molecular complexity index is 243. The SMILES string of the molecule is CC1=C(S)C(S)=C(S)OC1S. The van der Waals surface area contributed by atoms with Gasteiger partial charge in [-0.1, -0.05) is 0 Å². The lowest BCUT2D eigenvalue weighted by Crippen LogP contribution is -2.11. The van der Waals surface area contributed by atoms with Crippen LogP contribution < -0.4 is 0 Å². The fourth-order valence-electron chi connectivity index (χ4n) is 0.655. The second-order valence-corrected chi connectivity index (χ2v) is 3.93. The minimum Gasteiger partial charge on any atom is -0.468 e. The van der Waals surface area contributed by atoms with E-state index in [4.69, 9.17) is 4.74 Å². The van der Waals surface area contributed by atoms with Gasteiger partial charge in [0.05, 0.1) is 4.91 Å². The molecule has 1 atom stereocenters. The van der Waals surface area contributed by atoms with Crippen molar-refractivity contribution in [2.24, 2.45) is 0 Å². The summed E-state index contributed by atoms with van der Waals surface area (Å²) in [6.07, 6.45) is 0. The van der Waals surface area contributed by atoms with Gasteiger partial charge in [-0.15, -0.1) is 50.5 Å². The Morgan fingerprint density at radius 3 is 2.27 bits per heavy atom. The van der Waals surface area contributed by atoms with Crippen molar-refractivity contribution in [1.29, 1.82) is 0 Å². The molecule has 11 heavy (non-hydrogen) atoms. The van der Waals surface area contributed by atoms with Gasteiger partial charge in [-0.3, -0.25) is 0 Å². The monoisotopic (exact) mass is 224 g/mol. The molecule has 0 fully saturated rings. The highest BCUT2D eigenvalue weighted by Gasteiger charge is 2.20. The van der Waals surface area contributed by atoms with Gasteiger partial charge in [0.2, 0.25) is 0 Å². The molecular weight excluding hydrogens is 216 g/mol. The molecule has 0 aromatic heterocycles. The predicted molar refractivity (Wildman–Crippen MR) is 60.5 cm³/mol. The number of rotatable bonds is 0. The molecule has 0 saturated carbocycles. The molecule has 0 amide bonds. The summed E-state index contributed by atoms with van der Waals surface area (Å²) in [4.78, 5) is 1.46. The lowest BCUT2D eigenvalue weighted by molar-refractivity contribution is 0.237. The number of hydrogen-bond donors (Lipinski definition) is 4. The van der Waals surface area contributed by atoms with Crippen molar-refractivity contribution in [2.75, 3.05) is 0 Å². The molecule has 0 N–H and O–H groups in total. The van der Waals surface area contributed by atoms with Gasteiger partial charge in [0.25, 0.3) is 0 Å². The van der Waals surface area contributed by atoms with Gasteiger partial charge in [-0.25, -0.2) is 0 Å². The second-order valence-electron chi connectivity index (χ2n) is 2.16. The average Bonchev–Trinajstić information content (AvgIpc) is 1.97. The molecule has 62 valence electrons. The van der Waals surface area contributed by atoms with E-state index >= 15 is 0 Å². The van der Waals surface area contributed by atoms with E-state index in [2.05, 4.69) is 50.5 Å². The molecule has 1 heterocycles. The zero-order valence-electron chi connectivity index (χ0n) is 5.77. The van der Waals surface area contributed by atoms with Crippen LogP contribution in [0, 0.1) is 0 Å². The van der Waals surface area contributed by atoms with Crippen LogP contribution in [0.1, 0.15) is 6.92 Å². The molecule has 0 bridgehead atoms. The molecule has 0 radical (unpaired) electrons. The van der Waals surface area contributed by atoms with Crippen LogP contribution >= 0.6 is 50.5 Å². The van der Waals surface area contributed by atoms with Crippen molar-refractivity contribution in [2.45, 2.75) is 12.4 Å². The van der Waals surface area contributed by atoms with Crippen molar-refractivity contribution in [3.63, 3.8) is 0 Å². The first-order valence-corrected chi connectivity index (χ1v) is 4.77. The van der Waals surface area contributed by atoms with E-state index in [1.165, 1.54) is 0 Å². The highest BCUT2D eigenvalue weighted by Crippen LogP contribution is 2.36. The first-order valence-electron chi connectivity index (χ1n) is 2.91. The molecule has 0 aromatic rings. The van der Waals surface area contributed by atoms with Gasteiger partial charge >= 0.3 is 0 Å². The number of hydrogen-bond acceptors (Lipinski definition) is 5. The fourth-order valence-corrected chi connectivity index (χ4v) is 1.83. The van der Waals surface area contributed by atoms with Gasteiger partial charge in [0, 0.05) is 4.91 Å². The van der Waals surface area contributed by atoms with E-state index in [0.29, 0.717) is 10.00 Å². The van der Waals surface area contributed by atoms with Crippen LogP contribution in [0.5, 0.6) is 0 Å². The first-order chi connectivity index (χ1) is 5.04. The summed E-state index contributed by atoms with van der Waals surface area (Å²) in [5, 5.41) is 0.476. The summed E-state index contributed by atoms with van der Waals surface area (Å²) in [6.45, 7) is 1.90. The van der Waals surface area contributed by atoms with E-state index in [9.17, 15) is 0 Å². The Balaban J connectivity index is 3.07.